The van der Waals surface area contributed by atoms with E-state index in [0.717, 1.165) is 39.1 Å². The predicted octanol–water partition coefficient (Wildman–Crippen LogP) is 3.02. The molecule has 0 saturated carbocycles. The fourth-order valence-electron chi connectivity index (χ4n) is 3.07. The number of nitrogens with zero attached hydrogens (tertiary/aromatic N) is 4. The molecule has 0 radical (unpaired) electrons. The monoisotopic (exact) mass is 299 g/mol. The van der Waals surface area contributed by atoms with E-state index in [-0.39, 0.29) is 5.92 Å². The molecule has 0 amide bonds. The van der Waals surface area contributed by atoms with E-state index in [1.165, 1.54) is 5.57 Å². The van der Waals surface area contributed by atoms with Crippen LogP contribution in [0.1, 0.15) is 17.9 Å². The van der Waals surface area contributed by atoms with Crippen LogP contribution >= 0.6 is 11.8 Å². The van der Waals surface area contributed by atoms with Gasteiger partial charge in [0.05, 0.1) is 10.6 Å². The summed E-state index contributed by atoms with van der Waals surface area (Å²) in [7, 11) is 0. The van der Waals surface area contributed by atoms with Gasteiger partial charge in [0, 0.05) is 27.8 Å². The molecule has 2 heterocycles. The molecule has 2 aliphatic carbocycles. The highest BCUT2D eigenvalue weighted by atomic mass is 32.2. The molecule has 0 spiro atoms. The molecule has 4 rings (SSSR count). The number of thioether (sulfide) groups is 1. The van der Waals surface area contributed by atoms with Crippen LogP contribution in [0.5, 0.6) is 0 Å². The molecule has 1 aromatic rings. The maximum absolute atomic E-state index is 11.4. The first-order valence-corrected chi connectivity index (χ1v) is 7.93. The van der Waals surface area contributed by atoms with Crippen molar-refractivity contribution >= 4 is 23.2 Å². The van der Waals surface area contributed by atoms with Crippen molar-refractivity contribution in [3.8, 4) is 0 Å². The van der Waals surface area contributed by atoms with Crippen molar-refractivity contribution in [2.24, 2.45) is 11.0 Å². The summed E-state index contributed by atoms with van der Waals surface area (Å²) in [6.45, 7) is 4.02. The Bertz CT molecular complexity index is 782. The van der Waals surface area contributed by atoms with Crippen LogP contribution < -0.4 is 0 Å². The quantitative estimate of drug-likeness (QED) is 0.749. The number of imidazole rings is 1. The molecule has 1 aromatic heterocycles. The van der Waals surface area contributed by atoms with Gasteiger partial charge in [-0.2, -0.15) is 0 Å². The largest absolute Gasteiger partial charge is 0.304 e. The summed E-state index contributed by atoms with van der Waals surface area (Å²) in [5, 5.41) is 4.16. The number of hydrogen-bond acceptors (Lipinski definition) is 3. The van der Waals surface area contributed by atoms with Gasteiger partial charge in [0.15, 0.2) is 4.87 Å². The summed E-state index contributed by atoms with van der Waals surface area (Å²) >= 11 is 1.57. The number of fused-ring (bicyclic) bond motifs is 3. The third-order valence-electron chi connectivity index (χ3n) is 3.99. The molecule has 1 aliphatic heterocycles. The van der Waals surface area contributed by atoms with E-state index in [1.807, 2.05) is 13.8 Å². The van der Waals surface area contributed by atoms with E-state index < -0.39 is 0 Å². The molecule has 0 aromatic carbocycles. The van der Waals surface area contributed by atoms with Crippen molar-refractivity contribution in [1.29, 1.82) is 0 Å². The Morgan fingerprint density at radius 2 is 2.24 bits per heavy atom. The van der Waals surface area contributed by atoms with Gasteiger partial charge >= 0.3 is 0 Å². The molecular formula is C15H15N4OS+. The van der Waals surface area contributed by atoms with Crippen LogP contribution in [-0.4, -0.2) is 26.0 Å². The summed E-state index contributed by atoms with van der Waals surface area (Å²) in [5.74, 6) is 1.61. The van der Waals surface area contributed by atoms with Gasteiger partial charge in [0.25, 0.3) is 5.88 Å². The third kappa shape index (κ3) is 2.01. The molecule has 1 atom stereocenters. The molecule has 5 nitrogen and oxygen atoms in total. The van der Waals surface area contributed by atoms with Gasteiger partial charge < -0.3 is 4.57 Å². The average Bonchev–Trinajstić information content (AvgIpc) is 2.97. The van der Waals surface area contributed by atoms with Gasteiger partial charge in [-0.3, -0.25) is 0 Å². The van der Waals surface area contributed by atoms with E-state index in [9.17, 15) is 4.91 Å². The van der Waals surface area contributed by atoms with Gasteiger partial charge in [-0.25, -0.2) is 4.98 Å². The third-order valence-corrected chi connectivity index (χ3v) is 4.98. The predicted molar refractivity (Wildman–Crippen MR) is 83.8 cm³/mol. The fraction of sp³-hybridized carbons (Fsp3) is 0.333. The lowest BCUT2D eigenvalue weighted by Crippen LogP contribution is -2.20. The number of rotatable bonds is 1. The molecule has 0 bridgehead atoms. The lowest BCUT2D eigenvalue weighted by atomic mass is 9.91. The minimum absolute atomic E-state index is 0.234. The molecule has 1 unspecified atom stereocenters. The van der Waals surface area contributed by atoms with E-state index >= 15 is 0 Å². The minimum atomic E-state index is 0.234. The van der Waals surface area contributed by atoms with Crippen molar-refractivity contribution in [2.45, 2.75) is 20.3 Å². The summed E-state index contributed by atoms with van der Waals surface area (Å²) in [6, 6.07) is 0. The van der Waals surface area contributed by atoms with Crippen LogP contribution in [0.15, 0.2) is 40.0 Å². The van der Waals surface area contributed by atoms with Gasteiger partial charge in [0.1, 0.15) is 11.5 Å². The molecule has 106 valence electrons. The second-order valence-electron chi connectivity index (χ2n) is 5.48. The number of aromatic nitrogens is 2. The normalized spacial score (nSPS) is 23.9. The van der Waals surface area contributed by atoms with Gasteiger partial charge in [-0.05, 0) is 49.8 Å². The molecular weight excluding hydrogens is 284 g/mol. The lowest BCUT2D eigenvalue weighted by Gasteiger charge is -2.18. The number of aryl methyl sites for hydroxylation is 2. The smallest absolute Gasteiger partial charge is 0.278 e. The lowest BCUT2D eigenvalue weighted by molar-refractivity contribution is -0.534. The Balaban J connectivity index is 1.73. The Labute approximate surface area is 126 Å². The maximum atomic E-state index is 11.4. The van der Waals surface area contributed by atoms with E-state index in [0.29, 0.717) is 5.88 Å². The Morgan fingerprint density at radius 3 is 3.00 bits per heavy atom. The van der Waals surface area contributed by atoms with E-state index in [1.54, 1.807) is 11.8 Å². The molecule has 6 heteroatoms. The number of nitroso groups, excluding NO2 is 1. The van der Waals surface area contributed by atoms with E-state index in [2.05, 4.69) is 39.1 Å². The van der Waals surface area contributed by atoms with Crippen LogP contribution in [-0.2, 0) is 0 Å². The Hall–Kier alpha value is -1.95. The first kappa shape index (κ1) is 12.8. The fourth-order valence-corrected chi connectivity index (χ4v) is 3.93. The maximum Gasteiger partial charge on any atom is 0.278 e. The molecule has 21 heavy (non-hydrogen) atoms. The first-order valence-electron chi connectivity index (χ1n) is 6.94. The van der Waals surface area contributed by atoms with E-state index in [4.69, 9.17) is 0 Å². The Morgan fingerprint density at radius 1 is 1.38 bits per heavy atom. The molecule has 0 fully saturated rings. The highest BCUT2D eigenvalue weighted by Crippen LogP contribution is 2.41. The topological polar surface area (TPSA) is 50.3 Å². The summed E-state index contributed by atoms with van der Waals surface area (Å²) in [6.07, 6.45) is 9.50. The second kappa shape index (κ2) is 4.53. The van der Waals surface area contributed by atoms with Crippen LogP contribution in [0.25, 0.3) is 5.70 Å². The van der Waals surface area contributed by atoms with Crippen LogP contribution in [0, 0.1) is 24.7 Å². The zero-order chi connectivity index (χ0) is 14.6. The number of hydrazone groups is 1. The summed E-state index contributed by atoms with van der Waals surface area (Å²) in [4.78, 5) is 17.8. The van der Waals surface area contributed by atoms with Gasteiger partial charge in [-0.1, -0.05) is 6.08 Å². The summed E-state index contributed by atoms with van der Waals surface area (Å²) in [5.41, 5.74) is 4.35. The standard InChI is InChI=1S/C15H15N4OS/c1-9-7-18(10(2)16-9)12-3-4-13-11(5-12)6-14-15(13)17-19(20)8-21-14/h3,5-7,13H,4,8H2,1-2H3/q+1. The molecule has 0 saturated heterocycles. The van der Waals surface area contributed by atoms with Crippen molar-refractivity contribution in [1.82, 2.24) is 9.55 Å². The van der Waals surface area contributed by atoms with Crippen molar-refractivity contribution in [2.75, 3.05) is 5.88 Å². The first-order chi connectivity index (χ1) is 10.1. The molecule has 3 aliphatic rings. The van der Waals surface area contributed by atoms with Crippen LogP contribution in [0.4, 0.5) is 0 Å². The number of hydrogen-bond donors (Lipinski definition) is 0. The SMILES string of the molecule is Cc1cn(C2=CCC3C(=C2)C=C2SC[N+](=O)N=C23)c(C)n1. The molecule has 0 N–H and O–H groups in total. The number of allylic oxidation sites excluding steroid dienone is 6. The highest BCUT2D eigenvalue weighted by molar-refractivity contribution is 8.03. The van der Waals surface area contributed by atoms with Crippen molar-refractivity contribution < 1.29 is 4.87 Å². The zero-order valence-corrected chi connectivity index (χ0v) is 12.7. The highest BCUT2D eigenvalue weighted by Gasteiger charge is 2.37. The minimum Gasteiger partial charge on any atom is -0.304 e. The second-order valence-corrected chi connectivity index (χ2v) is 6.47. The van der Waals surface area contributed by atoms with Crippen LogP contribution in [0.3, 0.4) is 0 Å². The Kier molecular flexibility index (Phi) is 2.75. The van der Waals surface area contributed by atoms with Gasteiger partial charge in [0.2, 0.25) is 0 Å². The average molecular weight is 299 g/mol. The van der Waals surface area contributed by atoms with Crippen molar-refractivity contribution in [3.05, 3.63) is 51.3 Å². The van der Waals surface area contributed by atoms with Crippen molar-refractivity contribution in [3.63, 3.8) is 0 Å². The van der Waals surface area contributed by atoms with Gasteiger partial charge in [-0.15, -0.1) is 0 Å². The zero-order valence-electron chi connectivity index (χ0n) is 11.9. The summed E-state index contributed by atoms with van der Waals surface area (Å²) < 4.78 is 2.12. The van der Waals surface area contributed by atoms with Crippen LogP contribution in [0.2, 0.25) is 0 Å².